The molecule has 15 heavy (non-hydrogen) atoms. The lowest BCUT2D eigenvalue weighted by Gasteiger charge is -2.22. The van der Waals surface area contributed by atoms with Crippen molar-refractivity contribution in [1.82, 2.24) is 4.57 Å². The molecule has 1 aromatic rings. The lowest BCUT2D eigenvalue weighted by atomic mass is 10.1. The molecule has 1 rings (SSSR count). The number of methoxy groups -OCH3 is 1. The van der Waals surface area contributed by atoms with Gasteiger partial charge in [0.05, 0.1) is 13.2 Å². The zero-order chi connectivity index (χ0) is 11.6. The minimum Gasteiger partial charge on any atom is -0.467 e. The highest BCUT2D eigenvalue weighted by molar-refractivity contribution is 5.75. The van der Waals surface area contributed by atoms with Crippen LogP contribution in [0, 0.1) is 13.8 Å². The SMILES string of the molecule is COC(=O)[C@@H]([C@H](C)O)n1c(C)ccc1C. The van der Waals surface area contributed by atoms with Gasteiger partial charge in [-0.1, -0.05) is 0 Å². The fourth-order valence-electron chi connectivity index (χ4n) is 1.76. The molecule has 1 heterocycles. The lowest BCUT2D eigenvalue weighted by Crippen LogP contribution is -2.31. The Morgan fingerprint density at radius 1 is 1.40 bits per heavy atom. The van der Waals surface area contributed by atoms with E-state index in [0.29, 0.717) is 0 Å². The Hall–Kier alpha value is -1.29. The Kier molecular flexibility index (Phi) is 3.52. The average Bonchev–Trinajstić information content (AvgIpc) is 2.49. The molecule has 0 fully saturated rings. The smallest absolute Gasteiger partial charge is 0.331 e. The van der Waals surface area contributed by atoms with Crippen molar-refractivity contribution >= 4 is 5.97 Å². The summed E-state index contributed by atoms with van der Waals surface area (Å²) in [5, 5.41) is 9.61. The summed E-state index contributed by atoms with van der Waals surface area (Å²) in [4.78, 5) is 11.6. The zero-order valence-electron chi connectivity index (χ0n) is 9.52. The molecule has 0 saturated carbocycles. The van der Waals surface area contributed by atoms with Crippen LogP contribution in [-0.4, -0.2) is 28.9 Å². The Labute approximate surface area is 89.5 Å². The molecule has 0 amide bonds. The van der Waals surface area contributed by atoms with E-state index in [1.807, 2.05) is 26.0 Å². The van der Waals surface area contributed by atoms with Crippen LogP contribution in [-0.2, 0) is 9.53 Å². The number of hydrogen-bond donors (Lipinski definition) is 1. The van der Waals surface area contributed by atoms with Gasteiger partial charge in [0.1, 0.15) is 0 Å². The number of aryl methyl sites for hydroxylation is 2. The van der Waals surface area contributed by atoms with Crippen molar-refractivity contribution in [2.45, 2.75) is 32.9 Å². The summed E-state index contributed by atoms with van der Waals surface area (Å²) in [6.45, 7) is 5.37. The minimum atomic E-state index is -0.776. The van der Waals surface area contributed by atoms with Crippen LogP contribution in [0.25, 0.3) is 0 Å². The molecular formula is C11H17NO3. The molecule has 0 aromatic carbocycles. The molecule has 0 aliphatic heterocycles. The average molecular weight is 211 g/mol. The number of rotatable bonds is 3. The van der Waals surface area contributed by atoms with Gasteiger partial charge in [-0.3, -0.25) is 0 Å². The van der Waals surface area contributed by atoms with Gasteiger partial charge in [0, 0.05) is 11.4 Å². The van der Waals surface area contributed by atoms with E-state index in [4.69, 9.17) is 0 Å². The predicted molar refractivity (Wildman–Crippen MR) is 56.6 cm³/mol. The molecule has 0 bridgehead atoms. The molecule has 84 valence electrons. The molecule has 0 aliphatic rings. The van der Waals surface area contributed by atoms with Crippen molar-refractivity contribution in [2.24, 2.45) is 0 Å². The van der Waals surface area contributed by atoms with Crippen LogP contribution in [0.15, 0.2) is 12.1 Å². The fraction of sp³-hybridized carbons (Fsp3) is 0.545. The summed E-state index contributed by atoms with van der Waals surface area (Å²) < 4.78 is 6.48. The maximum atomic E-state index is 11.6. The van der Waals surface area contributed by atoms with Gasteiger partial charge in [0.15, 0.2) is 6.04 Å². The maximum absolute atomic E-state index is 11.6. The molecule has 0 aliphatic carbocycles. The van der Waals surface area contributed by atoms with Crippen LogP contribution in [0.3, 0.4) is 0 Å². The van der Waals surface area contributed by atoms with Crippen LogP contribution in [0.4, 0.5) is 0 Å². The molecule has 0 unspecified atom stereocenters. The summed E-state index contributed by atoms with van der Waals surface area (Å²) in [5.41, 5.74) is 1.87. The lowest BCUT2D eigenvalue weighted by molar-refractivity contribution is -0.148. The van der Waals surface area contributed by atoms with E-state index in [-0.39, 0.29) is 0 Å². The van der Waals surface area contributed by atoms with E-state index in [1.54, 1.807) is 11.5 Å². The molecular weight excluding hydrogens is 194 g/mol. The Morgan fingerprint density at radius 3 is 2.20 bits per heavy atom. The van der Waals surface area contributed by atoms with Gasteiger partial charge in [0.2, 0.25) is 0 Å². The molecule has 1 N–H and O–H groups in total. The summed E-state index contributed by atoms with van der Waals surface area (Å²) in [6, 6.07) is 3.16. The second kappa shape index (κ2) is 4.49. The monoisotopic (exact) mass is 211 g/mol. The van der Waals surface area contributed by atoms with Gasteiger partial charge in [-0.25, -0.2) is 4.79 Å². The first-order chi connectivity index (χ1) is 6.99. The summed E-state index contributed by atoms with van der Waals surface area (Å²) in [6.07, 6.45) is -0.776. The molecule has 0 saturated heterocycles. The predicted octanol–water partition coefficient (Wildman–Crippen LogP) is 1.20. The normalized spacial score (nSPS) is 14.7. The van der Waals surface area contributed by atoms with Crippen molar-refractivity contribution < 1.29 is 14.6 Å². The van der Waals surface area contributed by atoms with Gasteiger partial charge in [-0.15, -0.1) is 0 Å². The second-order valence-corrected chi connectivity index (χ2v) is 3.69. The molecule has 1 aromatic heterocycles. The van der Waals surface area contributed by atoms with Crippen LogP contribution in [0.2, 0.25) is 0 Å². The summed E-state index contributed by atoms with van der Waals surface area (Å²) >= 11 is 0. The third kappa shape index (κ3) is 2.21. The van der Waals surface area contributed by atoms with Crippen molar-refractivity contribution in [3.63, 3.8) is 0 Å². The van der Waals surface area contributed by atoms with Gasteiger partial charge in [-0.2, -0.15) is 0 Å². The van der Waals surface area contributed by atoms with E-state index in [1.165, 1.54) is 7.11 Å². The minimum absolute atomic E-state index is 0.424. The first-order valence-corrected chi connectivity index (χ1v) is 4.89. The summed E-state index contributed by atoms with van der Waals surface area (Å²) in [7, 11) is 1.33. The van der Waals surface area contributed by atoms with Gasteiger partial charge < -0.3 is 14.4 Å². The van der Waals surface area contributed by atoms with Crippen LogP contribution in [0.5, 0.6) is 0 Å². The third-order valence-electron chi connectivity index (χ3n) is 2.50. The molecule has 2 atom stereocenters. The van der Waals surface area contributed by atoms with E-state index in [2.05, 4.69) is 4.74 Å². The number of esters is 1. The van der Waals surface area contributed by atoms with Crippen molar-refractivity contribution in [3.05, 3.63) is 23.5 Å². The van der Waals surface area contributed by atoms with E-state index < -0.39 is 18.1 Å². The van der Waals surface area contributed by atoms with Gasteiger partial charge in [0.25, 0.3) is 0 Å². The van der Waals surface area contributed by atoms with Crippen molar-refractivity contribution in [2.75, 3.05) is 7.11 Å². The molecule has 0 spiro atoms. The Balaban J connectivity index is 3.15. The number of ether oxygens (including phenoxy) is 1. The maximum Gasteiger partial charge on any atom is 0.331 e. The summed E-state index contributed by atoms with van der Waals surface area (Å²) in [5.74, 6) is -0.424. The molecule has 0 radical (unpaired) electrons. The number of aromatic nitrogens is 1. The Bertz CT molecular complexity index is 335. The molecule has 4 heteroatoms. The van der Waals surface area contributed by atoms with E-state index in [9.17, 15) is 9.90 Å². The van der Waals surface area contributed by atoms with Gasteiger partial charge >= 0.3 is 5.97 Å². The number of carbonyl (C=O) groups is 1. The largest absolute Gasteiger partial charge is 0.467 e. The highest BCUT2D eigenvalue weighted by Gasteiger charge is 2.28. The van der Waals surface area contributed by atoms with Crippen molar-refractivity contribution in [3.8, 4) is 0 Å². The molecule has 4 nitrogen and oxygen atoms in total. The number of carbonyl (C=O) groups excluding carboxylic acids is 1. The topological polar surface area (TPSA) is 51.5 Å². The number of aliphatic hydroxyl groups is 1. The number of nitrogens with zero attached hydrogens (tertiary/aromatic N) is 1. The number of hydrogen-bond acceptors (Lipinski definition) is 3. The van der Waals surface area contributed by atoms with Crippen LogP contribution < -0.4 is 0 Å². The fourth-order valence-corrected chi connectivity index (χ4v) is 1.76. The number of aliphatic hydroxyl groups excluding tert-OH is 1. The first-order valence-electron chi connectivity index (χ1n) is 4.89. The quantitative estimate of drug-likeness (QED) is 0.764. The van der Waals surface area contributed by atoms with Gasteiger partial charge in [-0.05, 0) is 32.9 Å². The zero-order valence-corrected chi connectivity index (χ0v) is 9.52. The third-order valence-corrected chi connectivity index (χ3v) is 2.50. The van der Waals surface area contributed by atoms with Crippen molar-refractivity contribution in [1.29, 1.82) is 0 Å². The van der Waals surface area contributed by atoms with Crippen LogP contribution in [0.1, 0.15) is 24.4 Å². The highest BCUT2D eigenvalue weighted by Crippen LogP contribution is 2.20. The van der Waals surface area contributed by atoms with Crippen LogP contribution >= 0.6 is 0 Å². The first kappa shape index (κ1) is 11.8. The van der Waals surface area contributed by atoms with E-state index in [0.717, 1.165) is 11.4 Å². The standard InChI is InChI=1S/C11H17NO3/c1-7-5-6-8(2)12(7)10(9(3)13)11(14)15-4/h5-6,9-10,13H,1-4H3/t9-,10+/m0/s1. The highest BCUT2D eigenvalue weighted by atomic mass is 16.5. The second-order valence-electron chi connectivity index (χ2n) is 3.69. The van der Waals surface area contributed by atoms with E-state index >= 15 is 0 Å². The Morgan fingerprint density at radius 2 is 1.87 bits per heavy atom.